The maximum atomic E-state index is 11.4. The molecule has 0 radical (unpaired) electrons. The smallest absolute Gasteiger partial charge is 0.356 e. The number of carbonyl (C=O) groups is 1. The highest BCUT2D eigenvalue weighted by molar-refractivity contribution is 9.10. The van der Waals surface area contributed by atoms with Gasteiger partial charge in [-0.1, -0.05) is 6.07 Å². The third kappa shape index (κ3) is 4.40. The summed E-state index contributed by atoms with van der Waals surface area (Å²) in [4.78, 5) is 15.4. The summed E-state index contributed by atoms with van der Waals surface area (Å²) in [6.45, 7) is 0.931. The molecule has 0 spiro atoms. The molecule has 0 fully saturated rings. The number of halogens is 1. The lowest BCUT2D eigenvalue weighted by Gasteiger charge is -2.03. The molecule has 0 aromatic carbocycles. The average Bonchev–Trinajstić information content (AvgIpc) is 2.24. The minimum Gasteiger partial charge on any atom is -0.461 e. The van der Waals surface area contributed by atoms with E-state index in [0.717, 1.165) is 0 Å². The van der Waals surface area contributed by atoms with Gasteiger partial charge in [-0.25, -0.2) is 9.78 Å². The molecular formula is C10H12BrNO3. The molecule has 15 heavy (non-hydrogen) atoms. The second-order valence-corrected chi connectivity index (χ2v) is 3.64. The maximum absolute atomic E-state index is 11.4. The van der Waals surface area contributed by atoms with Gasteiger partial charge in [0.15, 0.2) is 0 Å². The second kappa shape index (κ2) is 6.53. The lowest BCUT2D eigenvalue weighted by Crippen LogP contribution is -2.09. The molecule has 0 amide bonds. The van der Waals surface area contributed by atoms with Gasteiger partial charge in [-0.3, -0.25) is 0 Å². The molecular weight excluding hydrogens is 262 g/mol. The summed E-state index contributed by atoms with van der Waals surface area (Å²) in [7, 11) is 1.61. The van der Waals surface area contributed by atoms with Crippen LogP contribution in [0.5, 0.6) is 0 Å². The number of esters is 1. The maximum Gasteiger partial charge on any atom is 0.356 e. The van der Waals surface area contributed by atoms with Crippen LogP contribution in [-0.2, 0) is 9.47 Å². The van der Waals surface area contributed by atoms with Crippen molar-refractivity contribution in [2.45, 2.75) is 6.42 Å². The molecule has 1 aromatic heterocycles. The van der Waals surface area contributed by atoms with Crippen LogP contribution in [0.15, 0.2) is 22.8 Å². The van der Waals surface area contributed by atoms with Crippen LogP contribution in [0.4, 0.5) is 0 Å². The van der Waals surface area contributed by atoms with Gasteiger partial charge in [-0.05, 0) is 28.1 Å². The third-order valence-corrected chi connectivity index (χ3v) is 2.09. The SMILES string of the molecule is COCCCOC(=O)c1cccc(Br)n1. The van der Waals surface area contributed by atoms with Crippen molar-refractivity contribution in [3.63, 3.8) is 0 Å². The molecule has 1 heterocycles. The lowest BCUT2D eigenvalue weighted by atomic mass is 10.3. The molecule has 0 saturated heterocycles. The average molecular weight is 274 g/mol. The molecule has 0 N–H and O–H groups in total. The Balaban J connectivity index is 2.40. The third-order valence-electron chi connectivity index (χ3n) is 1.65. The van der Waals surface area contributed by atoms with Crippen LogP contribution in [0.2, 0.25) is 0 Å². The number of methoxy groups -OCH3 is 1. The number of nitrogens with zero attached hydrogens (tertiary/aromatic N) is 1. The highest BCUT2D eigenvalue weighted by Crippen LogP contribution is 2.07. The van der Waals surface area contributed by atoms with Gasteiger partial charge in [0.25, 0.3) is 0 Å². The van der Waals surface area contributed by atoms with Crippen LogP contribution in [0.25, 0.3) is 0 Å². The Morgan fingerprint density at radius 3 is 2.93 bits per heavy atom. The standard InChI is InChI=1S/C10H12BrNO3/c1-14-6-3-7-15-10(13)8-4-2-5-9(11)12-8/h2,4-5H,3,6-7H2,1H3. The second-order valence-electron chi connectivity index (χ2n) is 2.83. The molecule has 5 heteroatoms. The van der Waals surface area contributed by atoms with E-state index in [-0.39, 0.29) is 0 Å². The Morgan fingerprint density at radius 1 is 1.47 bits per heavy atom. The number of pyridine rings is 1. The van der Waals surface area contributed by atoms with Crippen molar-refractivity contribution in [3.05, 3.63) is 28.5 Å². The molecule has 0 unspecified atom stereocenters. The van der Waals surface area contributed by atoms with E-state index in [1.807, 2.05) is 0 Å². The van der Waals surface area contributed by atoms with Crippen molar-refractivity contribution in [2.24, 2.45) is 0 Å². The minimum atomic E-state index is -0.410. The highest BCUT2D eigenvalue weighted by atomic mass is 79.9. The Hall–Kier alpha value is -0.940. The topological polar surface area (TPSA) is 48.4 Å². The van der Waals surface area contributed by atoms with Crippen LogP contribution < -0.4 is 0 Å². The van der Waals surface area contributed by atoms with E-state index in [9.17, 15) is 4.79 Å². The number of aromatic nitrogens is 1. The lowest BCUT2D eigenvalue weighted by molar-refractivity contribution is 0.0461. The van der Waals surface area contributed by atoms with Crippen LogP contribution >= 0.6 is 15.9 Å². The monoisotopic (exact) mass is 273 g/mol. The zero-order valence-corrected chi connectivity index (χ0v) is 9.99. The van der Waals surface area contributed by atoms with Gasteiger partial charge in [0.1, 0.15) is 10.3 Å². The molecule has 0 saturated carbocycles. The first kappa shape index (κ1) is 12.1. The van der Waals surface area contributed by atoms with Crippen molar-refractivity contribution in [1.82, 2.24) is 4.98 Å². The van der Waals surface area contributed by atoms with E-state index in [4.69, 9.17) is 9.47 Å². The van der Waals surface area contributed by atoms with E-state index >= 15 is 0 Å². The first-order valence-electron chi connectivity index (χ1n) is 4.52. The van der Waals surface area contributed by atoms with Crippen LogP contribution in [0.1, 0.15) is 16.9 Å². The molecule has 1 aromatic rings. The molecule has 0 aliphatic carbocycles. The number of rotatable bonds is 5. The Bertz CT molecular complexity index is 330. The summed E-state index contributed by atoms with van der Waals surface area (Å²) < 4.78 is 10.4. The number of hydrogen-bond acceptors (Lipinski definition) is 4. The van der Waals surface area contributed by atoms with E-state index < -0.39 is 5.97 Å². The molecule has 0 aliphatic rings. The highest BCUT2D eigenvalue weighted by Gasteiger charge is 2.08. The van der Waals surface area contributed by atoms with Gasteiger partial charge in [0.2, 0.25) is 0 Å². The number of carbonyl (C=O) groups excluding carboxylic acids is 1. The summed E-state index contributed by atoms with van der Waals surface area (Å²) in [5.41, 5.74) is 0.307. The number of hydrogen-bond donors (Lipinski definition) is 0. The van der Waals surface area contributed by atoms with Crippen molar-refractivity contribution in [3.8, 4) is 0 Å². The molecule has 4 nitrogen and oxygen atoms in total. The van der Waals surface area contributed by atoms with Crippen LogP contribution in [0.3, 0.4) is 0 Å². The van der Waals surface area contributed by atoms with Gasteiger partial charge in [-0.15, -0.1) is 0 Å². The zero-order chi connectivity index (χ0) is 11.1. The predicted molar refractivity (Wildman–Crippen MR) is 58.7 cm³/mol. The van der Waals surface area contributed by atoms with E-state index in [1.54, 1.807) is 25.3 Å². The van der Waals surface area contributed by atoms with Crippen molar-refractivity contribution < 1.29 is 14.3 Å². The fourth-order valence-corrected chi connectivity index (χ4v) is 1.31. The van der Waals surface area contributed by atoms with Crippen LogP contribution in [0, 0.1) is 0 Å². The summed E-state index contributed by atoms with van der Waals surface area (Å²) in [5, 5.41) is 0. The Labute approximate surface area is 96.7 Å². The molecule has 0 atom stereocenters. The number of ether oxygens (including phenoxy) is 2. The van der Waals surface area contributed by atoms with E-state index in [0.29, 0.717) is 29.9 Å². The summed E-state index contributed by atoms with van der Waals surface area (Å²) in [6.07, 6.45) is 0.691. The largest absolute Gasteiger partial charge is 0.461 e. The van der Waals surface area contributed by atoms with Crippen molar-refractivity contribution >= 4 is 21.9 Å². The molecule has 0 bridgehead atoms. The Morgan fingerprint density at radius 2 is 2.27 bits per heavy atom. The molecule has 0 aliphatic heterocycles. The Kier molecular flexibility index (Phi) is 5.28. The summed E-state index contributed by atoms with van der Waals surface area (Å²) in [5.74, 6) is -0.410. The van der Waals surface area contributed by atoms with Crippen molar-refractivity contribution in [2.75, 3.05) is 20.3 Å². The minimum absolute atomic E-state index is 0.307. The van der Waals surface area contributed by atoms with Gasteiger partial charge < -0.3 is 9.47 Å². The van der Waals surface area contributed by atoms with Crippen molar-refractivity contribution in [1.29, 1.82) is 0 Å². The molecule has 82 valence electrons. The zero-order valence-electron chi connectivity index (χ0n) is 8.40. The predicted octanol–water partition coefficient (Wildman–Crippen LogP) is 2.04. The van der Waals surface area contributed by atoms with Gasteiger partial charge in [0.05, 0.1) is 6.61 Å². The normalized spacial score (nSPS) is 10.0. The molecule has 1 rings (SSSR count). The fourth-order valence-electron chi connectivity index (χ4n) is 0.964. The quantitative estimate of drug-likeness (QED) is 0.468. The fraction of sp³-hybridized carbons (Fsp3) is 0.400. The van der Waals surface area contributed by atoms with E-state index in [1.165, 1.54) is 0 Å². The van der Waals surface area contributed by atoms with Gasteiger partial charge in [0, 0.05) is 20.1 Å². The summed E-state index contributed by atoms with van der Waals surface area (Å²) >= 11 is 3.18. The first-order chi connectivity index (χ1) is 7.24. The van der Waals surface area contributed by atoms with E-state index in [2.05, 4.69) is 20.9 Å². The first-order valence-corrected chi connectivity index (χ1v) is 5.32. The summed E-state index contributed by atoms with van der Waals surface area (Å²) in [6, 6.07) is 5.11. The van der Waals surface area contributed by atoms with Crippen LogP contribution in [-0.4, -0.2) is 31.3 Å². The van der Waals surface area contributed by atoms with Gasteiger partial charge in [-0.2, -0.15) is 0 Å². The van der Waals surface area contributed by atoms with Gasteiger partial charge >= 0.3 is 5.97 Å².